The lowest BCUT2D eigenvalue weighted by Gasteiger charge is -2.28. The zero-order valence-electron chi connectivity index (χ0n) is 41.2. The summed E-state index contributed by atoms with van der Waals surface area (Å²) >= 11 is 0. The molecule has 14 heteroatoms. The minimum Gasteiger partial charge on any atom is -0.453 e. The number of aromatic amines is 2. The summed E-state index contributed by atoms with van der Waals surface area (Å²) in [6.07, 6.45) is 4.33. The molecule has 4 heterocycles. The SMILES string of the molecule is COC(=O)N[C@H](C(=O)N1CCC[C@H]1c1nc2cc(-c3cc4ccc3CCc3ccc(c(-c5ccc6[nH]c([C@@H]7CCCN7C(=O)[C@@H](NC(=O)OC)c7ccccc7)nc6c5)c3)C[C@H]4C)ccc2[nH]1)c1ccccc1. The summed E-state index contributed by atoms with van der Waals surface area (Å²) in [5.74, 6) is 1.26. The van der Waals surface area contributed by atoms with Crippen molar-refractivity contribution in [2.45, 2.75) is 82.0 Å². The molecule has 2 saturated heterocycles. The number of amides is 4. The standard InChI is InChI=1S/C59H58N8O6/c1-35-30-41-21-19-36(31-44(41)42-24-26-46-48(33-42)62-54(60-46)50-16-10-28-66(50)56(68)52(64-58(70)72-2)38-12-6-4-7-13-38)18-20-37-22-23-40(35)32-45(37)43-25-27-47-49(34-43)63-55(61-47)51-17-11-29-67(51)57(69)53(65-59(71)73-3)39-14-8-5-9-15-39/h4-9,12-15,19,21-27,31-35,50-53H,10-11,16-18,20,28-30H2,1-3H3,(H,60,62)(H,61,63)(H,64,70)(H,65,71)/t35-,50+,51+,52+,53+/m1/s1. The number of hydrogen-bond acceptors (Lipinski definition) is 8. The van der Waals surface area contributed by atoms with Crippen molar-refractivity contribution in [1.29, 1.82) is 0 Å². The molecule has 370 valence electrons. The first-order valence-corrected chi connectivity index (χ1v) is 25.3. The van der Waals surface area contributed by atoms with E-state index in [9.17, 15) is 19.2 Å². The number of hydrogen-bond donors (Lipinski definition) is 4. The van der Waals surface area contributed by atoms with Crippen LogP contribution in [-0.2, 0) is 38.3 Å². The summed E-state index contributed by atoms with van der Waals surface area (Å²) in [7, 11) is 2.59. The Labute approximate surface area is 423 Å². The number of ether oxygens (including phenoxy) is 2. The van der Waals surface area contributed by atoms with Crippen LogP contribution in [0.1, 0.15) is 108 Å². The average molecular weight is 975 g/mol. The fourth-order valence-corrected chi connectivity index (χ4v) is 11.2. The summed E-state index contributed by atoms with van der Waals surface area (Å²) in [6.45, 7) is 3.40. The van der Waals surface area contributed by atoms with Gasteiger partial charge in [-0.05, 0) is 131 Å². The number of H-pyrrole nitrogens is 2. The molecule has 0 unspecified atom stereocenters. The number of imidazole rings is 2. The van der Waals surface area contributed by atoms with Gasteiger partial charge in [-0.25, -0.2) is 19.6 Å². The molecule has 73 heavy (non-hydrogen) atoms. The van der Waals surface area contributed by atoms with Gasteiger partial charge in [0.2, 0.25) is 0 Å². The molecule has 2 aliphatic heterocycles. The summed E-state index contributed by atoms with van der Waals surface area (Å²) in [5, 5.41) is 5.52. The van der Waals surface area contributed by atoms with Gasteiger partial charge in [0.25, 0.3) is 11.8 Å². The topological polar surface area (TPSA) is 175 Å². The summed E-state index contributed by atoms with van der Waals surface area (Å²) < 4.78 is 9.80. The van der Waals surface area contributed by atoms with E-state index in [1.54, 1.807) is 0 Å². The van der Waals surface area contributed by atoms with Crippen molar-refractivity contribution in [3.8, 4) is 22.3 Å². The maximum Gasteiger partial charge on any atom is 0.407 e. The normalized spacial score (nSPS) is 18.3. The van der Waals surface area contributed by atoms with Crippen molar-refractivity contribution in [3.63, 3.8) is 0 Å². The second kappa shape index (κ2) is 20.1. The van der Waals surface area contributed by atoms with Crippen LogP contribution in [0.15, 0.2) is 133 Å². The molecule has 14 nitrogen and oxygen atoms in total. The van der Waals surface area contributed by atoms with Gasteiger partial charge in [0.1, 0.15) is 23.7 Å². The highest BCUT2D eigenvalue weighted by atomic mass is 16.5. The van der Waals surface area contributed by atoms with E-state index >= 15 is 0 Å². The zero-order chi connectivity index (χ0) is 50.2. The maximum atomic E-state index is 14.2. The maximum absolute atomic E-state index is 14.2. The van der Waals surface area contributed by atoms with Gasteiger partial charge in [-0.1, -0.05) is 116 Å². The Morgan fingerprint density at radius 2 is 1.10 bits per heavy atom. The van der Waals surface area contributed by atoms with Gasteiger partial charge in [0, 0.05) is 13.1 Å². The smallest absolute Gasteiger partial charge is 0.407 e. The van der Waals surface area contributed by atoms with Crippen molar-refractivity contribution < 1.29 is 28.7 Å². The van der Waals surface area contributed by atoms with Gasteiger partial charge < -0.3 is 39.9 Å². The van der Waals surface area contributed by atoms with E-state index in [0.29, 0.717) is 24.2 Å². The third-order valence-electron chi connectivity index (χ3n) is 15.1. The lowest BCUT2D eigenvalue weighted by molar-refractivity contribution is -0.135. The van der Waals surface area contributed by atoms with Crippen molar-refractivity contribution >= 4 is 46.1 Å². The van der Waals surface area contributed by atoms with E-state index in [1.165, 1.54) is 47.6 Å². The predicted molar refractivity (Wildman–Crippen MR) is 279 cm³/mol. The minimum absolute atomic E-state index is 0.202. The summed E-state index contributed by atoms with van der Waals surface area (Å²) in [6, 6.07) is 42.9. The highest BCUT2D eigenvalue weighted by Crippen LogP contribution is 2.39. The van der Waals surface area contributed by atoms with Crippen LogP contribution in [0.4, 0.5) is 9.59 Å². The Hall–Kier alpha value is -8.26. The molecule has 6 aromatic carbocycles. The molecule has 2 aromatic heterocycles. The number of methoxy groups -OCH3 is 2. The Morgan fingerprint density at radius 3 is 1.62 bits per heavy atom. The molecule has 8 aromatic rings. The van der Waals surface area contributed by atoms with Crippen LogP contribution in [0.25, 0.3) is 44.3 Å². The van der Waals surface area contributed by atoms with E-state index in [-0.39, 0.29) is 29.8 Å². The summed E-state index contributed by atoms with van der Waals surface area (Å²) in [5.41, 5.74) is 14.5. The number of benzene rings is 6. The first-order chi connectivity index (χ1) is 35.6. The largest absolute Gasteiger partial charge is 0.453 e. The number of rotatable bonds is 10. The van der Waals surface area contributed by atoms with E-state index < -0.39 is 24.3 Å². The molecule has 4 aliphatic carbocycles. The third kappa shape index (κ3) is 9.40. The molecule has 4 amide bonds. The highest BCUT2D eigenvalue weighted by Gasteiger charge is 2.39. The van der Waals surface area contributed by atoms with E-state index in [0.717, 1.165) is 89.8 Å². The van der Waals surface area contributed by atoms with Crippen LogP contribution in [0, 0.1) is 0 Å². The Bertz CT molecular complexity index is 3370. The first-order valence-electron chi connectivity index (χ1n) is 25.3. The molecule has 4 bridgehead atoms. The summed E-state index contributed by atoms with van der Waals surface area (Å²) in [4.78, 5) is 74.2. The number of likely N-dealkylation sites (tertiary alicyclic amines) is 2. The number of carbonyl (C=O) groups is 4. The number of fused-ring (bicyclic) bond motifs is 2. The lowest BCUT2D eigenvalue weighted by atomic mass is 9.84. The first kappa shape index (κ1) is 47.1. The molecular weight excluding hydrogens is 917 g/mol. The van der Waals surface area contributed by atoms with Crippen LogP contribution in [-0.4, -0.2) is 81.0 Å². The molecule has 0 saturated carbocycles. The number of aromatic nitrogens is 4. The van der Waals surface area contributed by atoms with Gasteiger partial charge in [-0.2, -0.15) is 0 Å². The lowest BCUT2D eigenvalue weighted by Crippen LogP contribution is -2.42. The second-order valence-corrected chi connectivity index (χ2v) is 19.6. The Balaban J connectivity index is 0.837. The van der Waals surface area contributed by atoms with Crippen molar-refractivity contribution in [3.05, 3.63) is 178 Å². The van der Waals surface area contributed by atoms with Gasteiger partial charge in [-0.3, -0.25) is 9.59 Å². The van der Waals surface area contributed by atoms with Crippen molar-refractivity contribution in [2.24, 2.45) is 0 Å². The molecule has 6 aliphatic rings. The monoisotopic (exact) mass is 974 g/mol. The number of carbonyl (C=O) groups excluding carboxylic acids is 4. The van der Waals surface area contributed by atoms with Crippen molar-refractivity contribution in [2.75, 3.05) is 27.3 Å². The fraction of sp³-hybridized carbons (Fsp3) is 0.288. The number of aryl methyl sites for hydroxylation is 2. The van der Waals surface area contributed by atoms with Gasteiger partial charge in [0.15, 0.2) is 0 Å². The Kier molecular flexibility index (Phi) is 13.0. The second-order valence-electron chi connectivity index (χ2n) is 19.6. The van der Waals surface area contributed by atoms with Crippen LogP contribution in [0.2, 0.25) is 0 Å². The molecule has 0 radical (unpaired) electrons. The van der Waals surface area contributed by atoms with Gasteiger partial charge >= 0.3 is 12.2 Å². The van der Waals surface area contributed by atoms with Crippen LogP contribution in [0.5, 0.6) is 0 Å². The molecule has 4 N–H and O–H groups in total. The molecule has 14 rings (SSSR count). The van der Waals surface area contributed by atoms with E-state index in [2.05, 4.69) is 100 Å². The third-order valence-corrected chi connectivity index (χ3v) is 15.1. The molecule has 2 fully saturated rings. The number of nitrogens with one attached hydrogen (secondary N) is 4. The Morgan fingerprint density at radius 1 is 0.589 bits per heavy atom. The quantitative estimate of drug-likeness (QED) is 0.105. The van der Waals surface area contributed by atoms with E-state index in [1.807, 2.05) is 70.5 Å². The highest BCUT2D eigenvalue weighted by molar-refractivity contribution is 5.89. The fourth-order valence-electron chi connectivity index (χ4n) is 11.2. The molecular formula is C59H58N8O6. The van der Waals surface area contributed by atoms with Crippen LogP contribution < -0.4 is 10.6 Å². The number of nitrogens with zero attached hydrogens (tertiary/aromatic N) is 4. The van der Waals surface area contributed by atoms with E-state index in [4.69, 9.17) is 19.4 Å². The van der Waals surface area contributed by atoms with Crippen molar-refractivity contribution in [1.82, 2.24) is 40.4 Å². The number of alkyl carbamates (subject to hydrolysis) is 2. The van der Waals surface area contributed by atoms with Gasteiger partial charge in [0.05, 0.1) is 48.4 Å². The molecule has 0 spiro atoms. The average Bonchev–Trinajstić information content (AvgIpc) is 4.27. The van der Waals surface area contributed by atoms with Crippen LogP contribution in [0.3, 0.4) is 0 Å². The zero-order valence-corrected chi connectivity index (χ0v) is 41.2. The molecule has 5 atom stereocenters. The van der Waals surface area contributed by atoms with Crippen LogP contribution >= 0.6 is 0 Å². The van der Waals surface area contributed by atoms with Gasteiger partial charge in [-0.15, -0.1) is 0 Å². The minimum atomic E-state index is -0.891. The predicted octanol–water partition coefficient (Wildman–Crippen LogP) is 10.7.